The average Bonchev–Trinajstić information content (AvgIpc) is 2.95. The Bertz CT molecular complexity index is 533. The quantitative estimate of drug-likeness (QED) is 0.867. The van der Waals surface area contributed by atoms with Crippen molar-refractivity contribution in [3.05, 3.63) is 5.01 Å². The summed E-state index contributed by atoms with van der Waals surface area (Å²) in [6, 6.07) is 0. The molecule has 0 spiro atoms. The number of hydrogen-bond acceptors (Lipinski definition) is 6. The topological polar surface area (TPSA) is 101 Å². The standard InChI is InChI=1S/C9H8F3N3O4S/c10-9(11,12)7-14-15-8(20-7)13-5(16)3-1-2-4(19-3)6(17)18/h3-4H,1-2H2,(H,17,18)(H,13,15,16)/t3-,4+/m0/s1. The Hall–Kier alpha value is -1.75. The van der Waals surface area contributed by atoms with Crippen molar-refractivity contribution < 1.29 is 32.6 Å². The fourth-order valence-electron chi connectivity index (χ4n) is 1.59. The Kier molecular flexibility index (Phi) is 3.90. The number of nitrogens with one attached hydrogen (secondary N) is 1. The van der Waals surface area contributed by atoms with Gasteiger partial charge in [-0.05, 0) is 12.8 Å². The molecule has 2 atom stereocenters. The van der Waals surface area contributed by atoms with E-state index in [0.29, 0.717) is 0 Å². The number of hydrogen-bond donors (Lipinski definition) is 2. The van der Waals surface area contributed by atoms with E-state index in [1.165, 1.54) is 0 Å². The minimum absolute atomic E-state index is 0.164. The van der Waals surface area contributed by atoms with Gasteiger partial charge in [0.25, 0.3) is 5.91 Å². The molecule has 2 heterocycles. The monoisotopic (exact) mass is 311 g/mol. The van der Waals surface area contributed by atoms with Crippen LogP contribution in [0.2, 0.25) is 0 Å². The maximum absolute atomic E-state index is 12.3. The van der Waals surface area contributed by atoms with E-state index in [9.17, 15) is 22.8 Å². The van der Waals surface area contributed by atoms with E-state index in [0.717, 1.165) is 0 Å². The third-order valence-corrected chi connectivity index (χ3v) is 3.37. The van der Waals surface area contributed by atoms with E-state index in [1.54, 1.807) is 0 Å². The lowest BCUT2D eigenvalue weighted by Crippen LogP contribution is -2.29. The van der Waals surface area contributed by atoms with Gasteiger partial charge in [-0.1, -0.05) is 11.3 Å². The number of carboxylic acid groups (broad SMARTS) is 1. The molecule has 1 saturated heterocycles. The van der Waals surface area contributed by atoms with Crippen molar-refractivity contribution in [1.82, 2.24) is 10.2 Å². The Morgan fingerprint density at radius 2 is 1.95 bits per heavy atom. The molecule has 0 saturated carbocycles. The van der Waals surface area contributed by atoms with Crippen LogP contribution in [-0.4, -0.2) is 39.4 Å². The fraction of sp³-hybridized carbons (Fsp3) is 0.556. The third kappa shape index (κ3) is 3.22. The summed E-state index contributed by atoms with van der Waals surface area (Å²) in [5, 5.41) is 15.4. The number of aromatic nitrogens is 2. The molecule has 1 aliphatic heterocycles. The summed E-state index contributed by atoms with van der Waals surface area (Å²) in [5.41, 5.74) is 0. The molecule has 1 aliphatic rings. The second-order valence-corrected chi connectivity index (χ2v) is 4.91. The summed E-state index contributed by atoms with van der Waals surface area (Å²) in [6.45, 7) is 0. The largest absolute Gasteiger partial charge is 0.479 e. The molecule has 0 unspecified atom stereocenters. The molecule has 1 amide bonds. The van der Waals surface area contributed by atoms with Crippen molar-refractivity contribution in [3.63, 3.8) is 0 Å². The number of amides is 1. The van der Waals surface area contributed by atoms with E-state index in [-0.39, 0.29) is 29.3 Å². The van der Waals surface area contributed by atoms with Crippen LogP contribution in [0.5, 0.6) is 0 Å². The van der Waals surface area contributed by atoms with Gasteiger partial charge in [0.1, 0.15) is 6.10 Å². The summed E-state index contributed by atoms with van der Waals surface area (Å²) < 4.78 is 41.8. The SMILES string of the molecule is O=C(Nc1nnc(C(F)(F)F)s1)[C@@H]1CC[C@H](C(=O)O)O1. The zero-order chi connectivity index (χ0) is 14.9. The first-order valence-electron chi connectivity index (χ1n) is 5.37. The van der Waals surface area contributed by atoms with E-state index >= 15 is 0 Å². The highest BCUT2D eigenvalue weighted by atomic mass is 32.1. The molecule has 2 rings (SSSR count). The number of halogens is 3. The van der Waals surface area contributed by atoms with Gasteiger partial charge in [-0.3, -0.25) is 10.1 Å². The zero-order valence-electron chi connectivity index (χ0n) is 9.68. The minimum Gasteiger partial charge on any atom is -0.479 e. The molecule has 11 heteroatoms. The number of ether oxygens (including phenoxy) is 1. The Labute approximate surface area is 113 Å². The molecule has 0 bridgehead atoms. The molecular formula is C9H8F3N3O4S. The van der Waals surface area contributed by atoms with Gasteiger partial charge >= 0.3 is 12.1 Å². The lowest BCUT2D eigenvalue weighted by molar-refractivity contribution is -0.151. The summed E-state index contributed by atoms with van der Waals surface area (Å²) >= 11 is 0.183. The van der Waals surface area contributed by atoms with Crippen LogP contribution >= 0.6 is 11.3 Å². The number of carboxylic acids is 1. The van der Waals surface area contributed by atoms with Crippen LogP contribution in [0.25, 0.3) is 0 Å². The van der Waals surface area contributed by atoms with Gasteiger partial charge in [0.05, 0.1) is 0 Å². The molecule has 0 aromatic carbocycles. The smallest absolute Gasteiger partial charge is 0.445 e. The first kappa shape index (κ1) is 14.7. The predicted octanol–water partition coefficient (Wildman–Crippen LogP) is 1.13. The predicted molar refractivity (Wildman–Crippen MR) is 59.1 cm³/mol. The number of carbonyl (C=O) groups excluding carboxylic acids is 1. The van der Waals surface area contributed by atoms with Crippen molar-refractivity contribution in [2.75, 3.05) is 5.32 Å². The van der Waals surface area contributed by atoms with Crippen molar-refractivity contribution in [3.8, 4) is 0 Å². The van der Waals surface area contributed by atoms with Gasteiger partial charge < -0.3 is 9.84 Å². The van der Waals surface area contributed by atoms with E-state index in [2.05, 4.69) is 15.5 Å². The fourth-order valence-corrected chi connectivity index (χ4v) is 2.20. The first-order chi connectivity index (χ1) is 9.27. The Morgan fingerprint density at radius 1 is 1.30 bits per heavy atom. The van der Waals surface area contributed by atoms with Crippen molar-refractivity contribution in [2.45, 2.75) is 31.2 Å². The molecule has 0 aliphatic carbocycles. The van der Waals surface area contributed by atoms with Crippen molar-refractivity contribution in [2.24, 2.45) is 0 Å². The highest BCUT2D eigenvalue weighted by molar-refractivity contribution is 7.15. The van der Waals surface area contributed by atoms with Crippen LogP contribution in [0.4, 0.5) is 18.3 Å². The van der Waals surface area contributed by atoms with Crippen LogP contribution in [0.15, 0.2) is 0 Å². The number of alkyl halides is 3. The second kappa shape index (κ2) is 5.32. The molecule has 1 aromatic heterocycles. The zero-order valence-corrected chi connectivity index (χ0v) is 10.5. The van der Waals surface area contributed by atoms with Gasteiger partial charge in [-0.2, -0.15) is 13.2 Å². The summed E-state index contributed by atoms with van der Waals surface area (Å²) in [4.78, 5) is 22.3. The molecule has 20 heavy (non-hydrogen) atoms. The number of nitrogens with zero attached hydrogens (tertiary/aromatic N) is 2. The molecule has 2 N–H and O–H groups in total. The van der Waals surface area contributed by atoms with E-state index in [4.69, 9.17) is 9.84 Å². The minimum atomic E-state index is -4.63. The highest BCUT2D eigenvalue weighted by Gasteiger charge is 2.37. The molecule has 1 fully saturated rings. The molecule has 110 valence electrons. The molecule has 1 aromatic rings. The van der Waals surface area contributed by atoms with Crippen LogP contribution in [0, 0.1) is 0 Å². The van der Waals surface area contributed by atoms with Gasteiger partial charge in [-0.15, -0.1) is 10.2 Å². The Balaban J connectivity index is 1.95. The second-order valence-electron chi connectivity index (χ2n) is 3.93. The number of rotatable bonds is 3. The average molecular weight is 311 g/mol. The van der Waals surface area contributed by atoms with Crippen LogP contribution < -0.4 is 5.32 Å². The number of aliphatic carboxylic acids is 1. The molecule has 0 radical (unpaired) electrons. The van der Waals surface area contributed by atoms with Crippen LogP contribution in [0.3, 0.4) is 0 Å². The number of anilines is 1. The van der Waals surface area contributed by atoms with Gasteiger partial charge in [0.2, 0.25) is 10.1 Å². The van der Waals surface area contributed by atoms with Crippen LogP contribution in [0.1, 0.15) is 17.8 Å². The lowest BCUT2D eigenvalue weighted by Gasteiger charge is -2.09. The summed E-state index contributed by atoms with van der Waals surface area (Å²) in [7, 11) is 0. The maximum atomic E-state index is 12.3. The van der Waals surface area contributed by atoms with Crippen LogP contribution in [-0.2, 0) is 20.5 Å². The highest BCUT2D eigenvalue weighted by Crippen LogP contribution is 2.33. The van der Waals surface area contributed by atoms with Gasteiger partial charge in [0, 0.05) is 0 Å². The molecular weight excluding hydrogens is 303 g/mol. The number of carbonyl (C=O) groups is 2. The van der Waals surface area contributed by atoms with E-state index < -0.39 is 35.3 Å². The maximum Gasteiger partial charge on any atom is 0.445 e. The van der Waals surface area contributed by atoms with Crippen molar-refractivity contribution >= 4 is 28.3 Å². The first-order valence-corrected chi connectivity index (χ1v) is 6.19. The lowest BCUT2D eigenvalue weighted by atomic mass is 10.2. The van der Waals surface area contributed by atoms with Gasteiger partial charge in [0.15, 0.2) is 6.10 Å². The summed E-state index contributed by atoms with van der Waals surface area (Å²) in [5.74, 6) is -1.92. The van der Waals surface area contributed by atoms with Crippen molar-refractivity contribution in [1.29, 1.82) is 0 Å². The molecule has 7 nitrogen and oxygen atoms in total. The third-order valence-electron chi connectivity index (χ3n) is 2.49. The normalized spacial score (nSPS) is 22.8. The Morgan fingerprint density at radius 3 is 2.45 bits per heavy atom. The summed E-state index contributed by atoms with van der Waals surface area (Å²) in [6.07, 6.45) is -6.38. The van der Waals surface area contributed by atoms with Gasteiger partial charge in [-0.25, -0.2) is 4.79 Å². The van der Waals surface area contributed by atoms with E-state index in [1.807, 2.05) is 0 Å².